The second kappa shape index (κ2) is 9.80. The molecule has 0 heterocycles. The highest BCUT2D eigenvalue weighted by atomic mass is 16.5. The largest absolute Gasteiger partial charge is 0.493 e. The number of para-hydroxylation sites is 2. The highest BCUT2D eigenvalue weighted by Crippen LogP contribution is 2.28. The van der Waals surface area contributed by atoms with Gasteiger partial charge in [0.15, 0.2) is 18.1 Å². The summed E-state index contributed by atoms with van der Waals surface area (Å²) in [5, 5.41) is 11.5. The van der Waals surface area contributed by atoms with E-state index in [4.69, 9.17) is 14.6 Å². The molecule has 2 rings (SSSR count). The number of carbonyl (C=O) groups excluding carboxylic acids is 2. The molecule has 2 amide bonds. The van der Waals surface area contributed by atoms with Gasteiger partial charge in [-0.25, -0.2) is 4.79 Å². The monoisotopic (exact) mass is 378 g/mol. The minimum atomic E-state index is -1.06. The Morgan fingerprint density at radius 1 is 1.26 bits per heavy atom. The number of methoxy groups -OCH3 is 1. The van der Waals surface area contributed by atoms with Crippen LogP contribution in [0.2, 0.25) is 0 Å². The van der Waals surface area contributed by atoms with Crippen LogP contribution in [0.4, 0.5) is 0 Å². The predicted octanol–water partition coefficient (Wildman–Crippen LogP) is 1.43. The minimum Gasteiger partial charge on any atom is -0.493 e. The van der Waals surface area contributed by atoms with Gasteiger partial charge in [0.1, 0.15) is 6.04 Å². The maximum atomic E-state index is 12.5. The number of amides is 2. The molecule has 1 saturated carbocycles. The average Bonchev–Trinajstić information content (AvgIpc) is 3.49. The fourth-order valence-corrected chi connectivity index (χ4v) is 2.68. The van der Waals surface area contributed by atoms with E-state index in [0.29, 0.717) is 17.9 Å². The quantitative estimate of drug-likeness (QED) is 0.604. The third kappa shape index (κ3) is 6.16. The van der Waals surface area contributed by atoms with Crippen LogP contribution in [0.1, 0.15) is 32.6 Å². The first-order valence-corrected chi connectivity index (χ1v) is 9.03. The fraction of sp³-hybridized carbons (Fsp3) is 0.526. The van der Waals surface area contributed by atoms with Gasteiger partial charge in [0.2, 0.25) is 5.91 Å². The molecule has 1 aromatic rings. The Morgan fingerprint density at radius 2 is 1.93 bits per heavy atom. The molecule has 8 heteroatoms. The third-order valence-electron chi connectivity index (χ3n) is 4.35. The lowest BCUT2D eigenvalue weighted by Crippen LogP contribution is -2.43. The number of nitrogens with zero attached hydrogens (tertiary/aromatic N) is 1. The van der Waals surface area contributed by atoms with E-state index in [9.17, 15) is 14.4 Å². The van der Waals surface area contributed by atoms with E-state index in [2.05, 4.69) is 5.32 Å². The van der Waals surface area contributed by atoms with Gasteiger partial charge in [-0.2, -0.15) is 0 Å². The minimum absolute atomic E-state index is 0.0562. The lowest BCUT2D eigenvalue weighted by molar-refractivity contribution is -0.142. The molecule has 0 spiro atoms. The Bertz CT molecular complexity index is 674. The number of hydrogen-bond acceptors (Lipinski definition) is 5. The van der Waals surface area contributed by atoms with E-state index >= 15 is 0 Å². The zero-order chi connectivity index (χ0) is 19.8. The van der Waals surface area contributed by atoms with E-state index in [1.807, 2.05) is 6.07 Å². The highest BCUT2D eigenvalue weighted by molar-refractivity contribution is 5.84. The first kappa shape index (κ1) is 20.5. The molecule has 1 atom stereocenters. The van der Waals surface area contributed by atoms with Gasteiger partial charge in [0.25, 0.3) is 5.91 Å². The molecule has 1 aliphatic carbocycles. The Kier molecular flexibility index (Phi) is 7.45. The van der Waals surface area contributed by atoms with Crippen molar-refractivity contribution in [1.29, 1.82) is 0 Å². The molecular weight excluding hydrogens is 352 g/mol. The summed E-state index contributed by atoms with van der Waals surface area (Å²) in [5.41, 5.74) is 0. The first-order chi connectivity index (χ1) is 13.0. The molecule has 148 valence electrons. The molecule has 0 aliphatic heterocycles. The topological polar surface area (TPSA) is 105 Å². The number of aliphatic carboxylic acids is 1. The van der Waals surface area contributed by atoms with Gasteiger partial charge >= 0.3 is 5.97 Å². The van der Waals surface area contributed by atoms with Crippen molar-refractivity contribution in [3.63, 3.8) is 0 Å². The number of nitrogens with one attached hydrogen (secondary N) is 1. The Balaban J connectivity index is 1.86. The van der Waals surface area contributed by atoms with Crippen LogP contribution in [0.3, 0.4) is 0 Å². The van der Waals surface area contributed by atoms with Crippen LogP contribution in [0.5, 0.6) is 11.5 Å². The molecule has 8 nitrogen and oxygen atoms in total. The number of rotatable bonds is 11. The van der Waals surface area contributed by atoms with Crippen LogP contribution in [0.25, 0.3) is 0 Å². The highest BCUT2D eigenvalue weighted by Gasteiger charge is 2.33. The van der Waals surface area contributed by atoms with Crippen LogP contribution >= 0.6 is 0 Å². The van der Waals surface area contributed by atoms with E-state index in [-0.39, 0.29) is 37.4 Å². The summed E-state index contributed by atoms with van der Waals surface area (Å²) in [6.07, 6.45) is 2.16. The molecule has 0 saturated heterocycles. The normalized spacial score (nSPS) is 14.1. The lowest BCUT2D eigenvalue weighted by Gasteiger charge is -2.23. The predicted molar refractivity (Wildman–Crippen MR) is 97.7 cm³/mol. The van der Waals surface area contributed by atoms with Crippen molar-refractivity contribution in [2.45, 2.75) is 44.7 Å². The van der Waals surface area contributed by atoms with Crippen LogP contribution in [-0.4, -0.2) is 60.1 Å². The number of benzene rings is 1. The Labute approximate surface area is 158 Å². The summed E-state index contributed by atoms with van der Waals surface area (Å²) in [4.78, 5) is 37.2. The maximum Gasteiger partial charge on any atom is 0.326 e. The van der Waals surface area contributed by atoms with Gasteiger partial charge in [-0.3, -0.25) is 9.59 Å². The van der Waals surface area contributed by atoms with E-state index in [1.54, 1.807) is 30.0 Å². The number of carboxylic acid groups (broad SMARTS) is 1. The molecule has 0 bridgehead atoms. The van der Waals surface area contributed by atoms with Gasteiger partial charge in [-0.15, -0.1) is 0 Å². The number of carboxylic acids is 1. The van der Waals surface area contributed by atoms with Crippen molar-refractivity contribution in [3.8, 4) is 11.5 Å². The molecule has 1 unspecified atom stereocenters. The Hall–Kier alpha value is -2.77. The molecule has 1 aromatic carbocycles. The number of carbonyl (C=O) groups is 3. The van der Waals surface area contributed by atoms with Crippen LogP contribution in [0.15, 0.2) is 24.3 Å². The summed E-state index contributed by atoms with van der Waals surface area (Å²) < 4.78 is 10.8. The van der Waals surface area contributed by atoms with Crippen molar-refractivity contribution in [2.24, 2.45) is 0 Å². The van der Waals surface area contributed by atoms with E-state index in [1.165, 1.54) is 7.11 Å². The zero-order valence-corrected chi connectivity index (χ0v) is 15.6. The third-order valence-corrected chi connectivity index (χ3v) is 4.35. The van der Waals surface area contributed by atoms with Crippen LogP contribution in [-0.2, 0) is 14.4 Å². The van der Waals surface area contributed by atoms with Crippen molar-refractivity contribution in [1.82, 2.24) is 10.2 Å². The smallest absolute Gasteiger partial charge is 0.326 e. The molecule has 0 aromatic heterocycles. The van der Waals surface area contributed by atoms with Crippen molar-refractivity contribution in [3.05, 3.63) is 24.3 Å². The van der Waals surface area contributed by atoms with Gasteiger partial charge in [0, 0.05) is 19.0 Å². The van der Waals surface area contributed by atoms with Gasteiger partial charge in [-0.05, 0) is 31.4 Å². The zero-order valence-electron chi connectivity index (χ0n) is 15.6. The summed E-state index contributed by atoms with van der Waals surface area (Å²) in [7, 11) is 1.53. The molecule has 2 N–H and O–H groups in total. The van der Waals surface area contributed by atoms with Gasteiger partial charge < -0.3 is 24.8 Å². The van der Waals surface area contributed by atoms with Crippen molar-refractivity contribution in [2.75, 3.05) is 20.3 Å². The molecule has 0 radical (unpaired) electrons. The van der Waals surface area contributed by atoms with E-state index < -0.39 is 12.0 Å². The second-order valence-electron chi connectivity index (χ2n) is 6.37. The summed E-state index contributed by atoms with van der Waals surface area (Å²) >= 11 is 0. The lowest BCUT2D eigenvalue weighted by atomic mass is 10.2. The molecule has 27 heavy (non-hydrogen) atoms. The second-order valence-corrected chi connectivity index (χ2v) is 6.37. The summed E-state index contributed by atoms with van der Waals surface area (Å²) in [5.74, 6) is -0.628. The number of ether oxygens (including phenoxy) is 2. The average molecular weight is 378 g/mol. The van der Waals surface area contributed by atoms with Crippen LogP contribution in [0, 0.1) is 0 Å². The standard InChI is InChI=1S/C19H26N2O6/c1-3-14(19(24)25)20-17(22)10-11-21(13-8-9-13)18(23)12-27-16-7-5-4-6-15(16)26-2/h4-7,13-14H,3,8-12H2,1-2H3,(H,20,22)(H,24,25). The summed E-state index contributed by atoms with van der Waals surface area (Å²) in [6, 6.07) is 6.28. The van der Waals surface area contributed by atoms with Crippen molar-refractivity contribution < 1.29 is 29.0 Å². The molecule has 1 fully saturated rings. The summed E-state index contributed by atoms with van der Waals surface area (Å²) in [6.45, 7) is 1.78. The maximum absolute atomic E-state index is 12.5. The molecule has 1 aliphatic rings. The van der Waals surface area contributed by atoms with Crippen LogP contribution < -0.4 is 14.8 Å². The number of hydrogen-bond donors (Lipinski definition) is 2. The molecular formula is C19H26N2O6. The van der Waals surface area contributed by atoms with Gasteiger partial charge in [-0.1, -0.05) is 19.1 Å². The fourth-order valence-electron chi connectivity index (χ4n) is 2.68. The van der Waals surface area contributed by atoms with E-state index in [0.717, 1.165) is 12.8 Å². The first-order valence-electron chi connectivity index (χ1n) is 9.03. The van der Waals surface area contributed by atoms with Crippen molar-refractivity contribution >= 4 is 17.8 Å². The van der Waals surface area contributed by atoms with Gasteiger partial charge in [0.05, 0.1) is 7.11 Å². The SMILES string of the molecule is CCC(NC(=O)CCN(C(=O)COc1ccccc1OC)C1CC1)C(=O)O. The Morgan fingerprint density at radius 3 is 2.48 bits per heavy atom.